The molecular weight excluding hydrogens is 178 g/mol. The fraction of sp³-hybridized carbons (Fsp3) is 0.727. The van der Waals surface area contributed by atoms with E-state index < -0.39 is 0 Å². The Hall–Kier alpha value is -0.830. The van der Waals surface area contributed by atoms with Gasteiger partial charge in [0, 0.05) is 0 Å². The van der Waals surface area contributed by atoms with Crippen LogP contribution in [0, 0.1) is 0 Å². The monoisotopic (exact) mass is 199 g/mol. The van der Waals surface area contributed by atoms with Crippen molar-refractivity contribution in [1.29, 1.82) is 0 Å². The molecular formula is C11H21NO2. The number of allylic oxidation sites excluding steroid dienone is 1. The Morgan fingerprint density at radius 1 is 1.57 bits per heavy atom. The molecule has 0 aromatic carbocycles. The van der Waals surface area contributed by atoms with Crippen LogP contribution < -0.4 is 0 Å². The maximum absolute atomic E-state index is 11.1. The number of carbonyl (C=O) groups is 1. The quantitative estimate of drug-likeness (QED) is 0.476. The van der Waals surface area contributed by atoms with Crippen molar-refractivity contribution in [3.63, 3.8) is 0 Å². The predicted molar refractivity (Wildman–Crippen MR) is 58.2 cm³/mol. The summed E-state index contributed by atoms with van der Waals surface area (Å²) >= 11 is 0. The van der Waals surface area contributed by atoms with Crippen molar-refractivity contribution in [2.45, 2.75) is 32.2 Å². The summed E-state index contributed by atoms with van der Waals surface area (Å²) < 4.78 is 4.68. The standard InChI is InChI=1S/C8H15NO2.C3H6/c1-9-6-4-3-5-7(9)8(10)11-2;1-3-2/h7H,3-6H2,1-2H3;3H,1H2,2H3. The zero-order chi connectivity index (χ0) is 11.0. The van der Waals surface area contributed by atoms with Crippen LogP contribution >= 0.6 is 0 Å². The van der Waals surface area contributed by atoms with E-state index in [2.05, 4.69) is 16.2 Å². The number of methoxy groups -OCH3 is 1. The Kier molecular flexibility index (Phi) is 7.11. The van der Waals surface area contributed by atoms with E-state index in [0.717, 1.165) is 19.4 Å². The van der Waals surface area contributed by atoms with Gasteiger partial charge in [0.15, 0.2) is 0 Å². The van der Waals surface area contributed by atoms with Gasteiger partial charge in [0.1, 0.15) is 6.04 Å². The molecule has 0 aromatic heterocycles. The Morgan fingerprint density at radius 3 is 2.57 bits per heavy atom. The number of esters is 1. The third kappa shape index (κ3) is 4.42. The van der Waals surface area contributed by atoms with Crippen molar-refractivity contribution in [1.82, 2.24) is 4.90 Å². The van der Waals surface area contributed by atoms with Gasteiger partial charge in [-0.3, -0.25) is 9.69 Å². The number of carbonyl (C=O) groups excluding carboxylic acids is 1. The van der Waals surface area contributed by atoms with Crippen molar-refractivity contribution < 1.29 is 9.53 Å². The van der Waals surface area contributed by atoms with E-state index >= 15 is 0 Å². The SMILES string of the molecule is C=CC.COC(=O)C1CCCCN1C. The van der Waals surface area contributed by atoms with E-state index in [1.807, 2.05) is 14.0 Å². The summed E-state index contributed by atoms with van der Waals surface area (Å²) in [6.45, 7) is 6.26. The molecule has 0 spiro atoms. The van der Waals surface area contributed by atoms with Crippen LogP contribution in [0.15, 0.2) is 12.7 Å². The third-order valence-corrected chi connectivity index (χ3v) is 2.24. The summed E-state index contributed by atoms with van der Waals surface area (Å²) in [6.07, 6.45) is 5.04. The number of hydrogen-bond acceptors (Lipinski definition) is 3. The van der Waals surface area contributed by atoms with Gasteiger partial charge >= 0.3 is 5.97 Å². The molecule has 1 atom stereocenters. The molecule has 1 saturated heterocycles. The van der Waals surface area contributed by atoms with Crippen molar-refractivity contribution in [2.75, 3.05) is 20.7 Å². The molecule has 0 amide bonds. The van der Waals surface area contributed by atoms with Crippen LogP contribution in [0.2, 0.25) is 0 Å². The first-order valence-electron chi connectivity index (χ1n) is 5.02. The van der Waals surface area contributed by atoms with Gasteiger partial charge in [-0.1, -0.05) is 12.5 Å². The highest BCUT2D eigenvalue weighted by Gasteiger charge is 2.25. The van der Waals surface area contributed by atoms with Gasteiger partial charge < -0.3 is 4.74 Å². The van der Waals surface area contributed by atoms with Crippen molar-refractivity contribution in [2.24, 2.45) is 0 Å². The maximum Gasteiger partial charge on any atom is 0.323 e. The van der Waals surface area contributed by atoms with Gasteiger partial charge in [0.05, 0.1) is 7.11 Å². The second-order valence-corrected chi connectivity index (χ2v) is 3.42. The van der Waals surface area contributed by atoms with E-state index in [0.29, 0.717) is 0 Å². The van der Waals surface area contributed by atoms with Gasteiger partial charge in [-0.15, -0.1) is 6.58 Å². The third-order valence-electron chi connectivity index (χ3n) is 2.24. The summed E-state index contributed by atoms with van der Waals surface area (Å²) in [4.78, 5) is 13.2. The van der Waals surface area contributed by atoms with Gasteiger partial charge in [-0.25, -0.2) is 0 Å². The molecule has 1 aliphatic heterocycles. The molecule has 0 aromatic rings. The van der Waals surface area contributed by atoms with Crippen molar-refractivity contribution >= 4 is 5.97 Å². The summed E-state index contributed by atoms with van der Waals surface area (Å²) in [6, 6.07) is 0.00810. The van der Waals surface area contributed by atoms with Crippen LogP contribution in [0.25, 0.3) is 0 Å². The van der Waals surface area contributed by atoms with Crippen LogP contribution in [0.5, 0.6) is 0 Å². The first kappa shape index (κ1) is 13.2. The lowest BCUT2D eigenvalue weighted by molar-refractivity contribution is -0.147. The molecule has 3 heteroatoms. The number of piperidine rings is 1. The summed E-state index contributed by atoms with van der Waals surface area (Å²) in [5, 5.41) is 0. The molecule has 0 radical (unpaired) electrons. The van der Waals surface area contributed by atoms with Gasteiger partial charge in [-0.05, 0) is 33.4 Å². The number of hydrogen-bond donors (Lipinski definition) is 0. The number of nitrogens with zero attached hydrogens (tertiary/aromatic N) is 1. The van der Waals surface area contributed by atoms with Crippen LogP contribution in [0.4, 0.5) is 0 Å². The van der Waals surface area contributed by atoms with Crippen molar-refractivity contribution in [3.05, 3.63) is 12.7 Å². The van der Waals surface area contributed by atoms with Gasteiger partial charge in [0.25, 0.3) is 0 Å². The molecule has 14 heavy (non-hydrogen) atoms. The van der Waals surface area contributed by atoms with E-state index in [9.17, 15) is 4.79 Å². The van der Waals surface area contributed by atoms with Crippen LogP contribution in [0.3, 0.4) is 0 Å². The Balaban J connectivity index is 0.000000500. The molecule has 1 aliphatic rings. The molecule has 0 saturated carbocycles. The van der Waals surface area contributed by atoms with Crippen LogP contribution in [-0.2, 0) is 9.53 Å². The minimum Gasteiger partial charge on any atom is -0.468 e. The largest absolute Gasteiger partial charge is 0.468 e. The zero-order valence-corrected chi connectivity index (χ0v) is 9.45. The Labute approximate surface area is 86.7 Å². The van der Waals surface area contributed by atoms with E-state index in [-0.39, 0.29) is 12.0 Å². The van der Waals surface area contributed by atoms with Crippen LogP contribution in [0.1, 0.15) is 26.2 Å². The maximum atomic E-state index is 11.1. The normalized spacial score (nSPS) is 21.8. The fourth-order valence-corrected chi connectivity index (χ4v) is 1.51. The lowest BCUT2D eigenvalue weighted by Gasteiger charge is -2.29. The number of likely N-dealkylation sites (tertiary alicyclic amines) is 1. The van der Waals surface area contributed by atoms with Gasteiger partial charge in [0.2, 0.25) is 0 Å². The summed E-state index contributed by atoms with van der Waals surface area (Å²) in [7, 11) is 3.42. The van der Waals surface area contributed by atoms with Crippen molar-refractivity contribution in [3.8, 4) is 0 Å². The first-order valence-corrected chi connectivity index (χ1v) is 5.02. The molecule has 0 bridgehead atoms. The number of likely N-dealkylation sites (N-methyl/N-ethyl adjacent to an activating group) is 1. The number of ether oxygens (including phenoxy) is 1. The summed E-state index contributed by atoms with van der Waals surface area (Å²) in [5.74, 6) is -0.0906. The van der Waals surface area contributed by atoms with E-state index in [4.69, 9.17) is 0 Å². The Morgan fingerprint density at radius 2 is 2.14 bits per heavy atom. The first-order chi connectivity index (χ1) is 6.67. The number of rotatable bonds is 1. The highest BCUT2D eigenvalue weighted by Crippen LogP contribution is 2.15. The summed E-state index contributed by atoms with van der Waals surface area (Å²) in [5.41, 5.74) is 0. The molecule has 0 aliphatic carbocycles. The minimum atomic E-state index is -0.0906. The van der Waals surface area contributed by atoms with E-state index in [1.54, 1.807) is 6.08 Å². The Bertz CT molecular complexity index is 180. The molecule has 1 heterocycles. The second-order valence-electron chi connectivity index (χ2n) is 3.42. The fourth-order valence-electron chi connectivity index (χ4n) is 1.51. The second kappa shape index (κ2) is 7.56. The van der Waals surface area contributed by atoms with Crippen LogP contribution in [-0.4, -0.2) is 37.6 Å². The highest BCUT2D eigenvalue weighted by atomic mass is 16.5. The predicted octanol–water partition coefficient (Wildman–Crippen LogP) is 1.84. The lowest BCUT2D eigenvalue weighted by Crippen LogP contribution is -2.42. The molecule has 1 rings (SSSR count). The molecule has 82 valence electrons. The average molecular weight is 199 g/mol. The minimum absolute atomic E-state index is 0.00810. The topological polar surface area (TPSA) is 29.5 Å². The highest BCUT2D eigenvalue weighted by molar-refractivity contribution is 5.75. The molecule has 3 nitrogen and oxygen atoms in total. The van der Waals surface area contributed by atoms with Gasteiger partial charge in [-0.2, -0.15) is 0 Å². The lowest BCUT2D eigenvalue weighted by atomic mass is 10.0. The average Bonchev–Trinajstić information content (AvgIpc) is 2.19. The molecule has 1 unspecified atom stereocenters. The molecule has 1 fully saturated rings. The zero-order valence-electron chi connectivity index (χ0n) is 9.45. The van der Waals surface area contributed by atoms with E-state index in [1.165, 1.54) is 13.5 Å². The smallest absolute Gasteiger partial charge is 0.323 e. The molecule has 0 N–H and O–H groups in total.